The van der Waals surface area contributed by atoms with Crippen molar-refractivity contribution < 1.29 is 14.7 Å². The first-order valence-corrected chi connectivity index (χ1v) is 4.50. The number of carbonyl (C=O) groups excluding carboxylic acids is 1. The van der Waals surface area contributed by atoms with Crippen LogP contribution in [0.15, 0.2) is 0 Å². The molecular formula is C9H18N2O3. The summed E-state index contributed by atoms with van der Waals surface area (Å²) in [6, 6.07) is -0.541. The third-order valence-corrected chi connectivity index (χ3v) is 2.59. The Balaban J connectivity index is 4.82. The molecule has 1 unspecified atom stereocenters. The SMILES string of the molecule is CCC(C(N)=O)N(C)C(C)(C)C(=O)O. The zero-order valence-corrected chi connectivity index (χ0v) is 9.07. The van der Waals surface area contributed by atoms with Gasteiger partial charge in [0.25, 0.3) is 0 Å². The monoisotopic (exact) mass is 202 g/mol. The van der Waals surface area contributed by atoms with Gasteiger partial charge >= 0.3 is 5.97 Å². The zero-order valence-electron chi connectivity index (χ0n) is 9.07. The Morgan fingerprint density at radius 1 is 1.50 bits per heavy atom. The number of hydrogen-bond donors (Lipinski definition) is 2. The number of hydrogen-bond acceptors (Lipinski definition) is 3. The van der Waals surface area contributed by atoms with Crippen LogP contribution in [0.4, 0.5) is 0 Å². The van der Waals surface area contributed by atoms with E-state index in [1.165, 1.54) is 4.90 Å². The molecule has 14 heavy (non-hydrogen) atoms. The molecule has 0 aliphatic heterocycles. The Bertz CT molecular complexity index is 238. The Labute approximate surface area is 83.9 Å². The van der Waals surface area contributed by atoms with Gasteiger partial charge < -0.3 is 10.8 Å². The van der Waals surface area contributed by atoms with E-state index in [4.69, 9.17) is 10.8 Å². The fourth-order valence-electron chi connectivity index (χ4n) is 1.21. The summed E-state index contributed by atoms with van der Waals surface area (Å²) in [4.78, 5) is 23.4. The molecule has 0 saturated heterocycles. The van der Waals surface area contributed by atoms with E-state index in [0.717, 1.165) is 0 Å². The number of amides is 1. The zero-order chi connectivity index (χ0) is 11.5. The summed E-state index contributed by atoms with van der Waals surface area (Å²) in [5.74, 6) is -1.47. The molecule has 82 valence electrons. The Hall–Kier alpha value is -1.10. The second-order valence-corrected chi connectivity index (χ2v) is 3.80. The van der Waals surface area contributed by atoms with Gasteiger partial charge in [-0.25, -0.2) is 0 Å². The van der Waals surface area contributed by atoms with Gasteiger partial charge in [0.05, 0.1) is 6.04 Å². The fourth-order valence-corrected chi connectivity index (χ4v) is 1.21. The van der Waals surface area contributed by atoms with E-state index >= 15 is 0 Å². The Morgan fingerprint density at radius 3 is 2.14 bits per heavy atom. The van der Waals surface area contributed by atoms with Crippen LogP contribution in [0.3, 0.4) is 0 Å². The maximum absolute atomic E-state index is 11.0. The van der Waals surface area contributed by atoms with Gasteiger partial charge in [0.15, 0.2) is 0 Å². The molecule has 5 heteroatoms. The van der Waals surface area contributed by atoms with Crippen molar-refractivity contribution in [2.24, 2.45) is 5.73 Å². The third-order valence-electron chi connectivity index (χ3n) is 2.59. The van der Waals surface area contributed by atoms with Gasteiger partial charge in [-0.15, -0.1) is 0 Å². The summed E-state index contributed by atoms with van der Waals surface area (Å²) in [5, 5.41) is 8.94. The molecule has 0 aliphatic carbocycles. The van der Waals surface area contributed by atoms with Crippen molar-refractivity contribution in [1.29, 1.82) is 0 Å². The topological polar surface area (TPSA) is 83.6 Å². The number of carbonyl (C=O) groups is 2. The summed E-state index contributed by atoms with van der Waals surface area (Å²) in [6.45, 7) is 4.88. The first-order valence-electron chi connectivity index (χ1n) is 4.50. The van der Waals surface area contributed by atoms with Crippen LogP contribution in [-0.2, 0) is 9.59 Å². The number of nitrogens with zero attached hydrogens (tertiary/aromatic N) is 1. The van der Waals surface area contributed by atoms with Gasteiger partial charge in [0.1, 0.15) is 5.54 Å². The molecule has 0 rings (SSSR count). The normalized spacial score (nSPS) is 14.1. The first-order chi connectivity index (χ1) is 6.25. The second kappa shape index (κ2) is 4.41. The summed E-state index contributed by atoms with van der Waals surface area (Å²) >= 11 is 0. The fraction of sp³-hybridized carbons (Fsp3) is 0.778. The highest BCUT2D eigenvalue weighted by atomic mass is 16.4. The minimum absolute atomic E-state index is 0.496. The molecule has 0 aliphatic rings. The molecular weight excluding hydrogens is 184 g/mol. The predicted octanol–water partition coefficient (Wildman–Crippen LogP) is 0.0453. The number of nitrogens with two attached hydrogens (primary N) is 1. The molecule has 5 nitrogen and oxygen atoms in total. The van der Waals surface area contributed by atoms with Gasteiger partial charge in [0, 0.05) is 0 Å². The molecule has 0 heterocycles. The minimum Gasteiger partial charge on any atom is -0.480 e. The van der Waals surface area contributed by atoms with Crippen LogP contribution in [-0.4, -0.2) is 40.5 Å². The molecule has 1 atom stereocenters. The molecule has 3 N–H and O–H groups in total. The quantitative estimate of drug-likeness (QED) is 0.659. The van der Waals surface area contributed by atoms with Crippen LogP contribution < -0.4 is 5.73 Å². The van der Waals surface area contributed by atoms with Crippen LogP contribution >= 0.6 is 0 Å². The molecule has 0 aromatic rings. The highest BCUT2D eigenvalue weighted by Crippen LogP contribution is 2.17. The summed E-state index contributed by atoms with van der Waals surface area (Å²) < 4.78 is 0. The molecule has 0 saturated carbocycles. The standard InChI is InChI=1S/C9H18N2O3/c1-5-6(7(10)12)11(4)9(2,3)8(13)14/h6H,5H2,1-4H3,(H2,10,12)(H,13,14). The lowest BCUT2D eigenvalue weighted by Gasteiger charge is -2.35. The molecule has 0 aromatic heterocycles. The van der Waals surface area contributed by atoms with E-state index in [0.29, 0.717) is 6.42 Å². The largest absolute Gasteiger partial charge is 0.480 e. The van der Waals surface area contributed by atoms with Crippen LogP contribution in [0, 0.1) is 0 Å². The number of primary amides is 1. The maximum atomic E-state index is 11.0. The van der Waals surface area contributed by atoms with E-state index in [-0.39, 0.29) is 0 Å². The van der Waals surface area contributed by atoms with E-state index < -0.39 is 23.5 Å². The van der Waals surface area contributed by atoms with Crippen molar-refractivity contribution in [3.8, 4) is 0 Å². The Morgan fingerprint density at radius 2 is 1.93 bits per heavy atom. The predicted molar refractivity (Wildman–Crippen MR) is 52.8 cm³/mol. The minimum atomic E-state index is -1.09. The highest BCUT2D eigenvalue weighted by molar-refractivity contribution is 5.82. The molecule has 0 fully saturated rings. The van der Waals surface area contributed by atoms with E-state index in [2.05, 4.69) is 0 Å². The van der Waals surface area contributed by atoms with Crippen molar-refractivity contribution in [2.45, 2.75) is 38.8 Å². The number of likely N-dealkylation sites (N-methyl/N-ethyl adjacent to an activating group) is 1. The average molecular weight is 202 g/mol. The smallest absolute Gasteiger partial charge is 0.323 e. The third kappa shape index (κ3) is 2.45. The van der Waals surface area contributed by atoms with E-state index in [9.17, 15) is 9.59 Å². The lowest BCUT2D eigenvalue weighted by Crippen LogP contribution is -2.56. The van der Waals surface area contributed by atoms with Crippen LogP contribution in [0.25, 0.3) is 0 Å². The Kier molecular flexibility index (Phi) is 4.07. The highest BCUT2D eigenvalue weighted by Gasteiger charge is 2.37. The van der Waals surface area contributed by atoms with Crippen molar-refractivity contribution in [3.63, 3.8) is 0 Å². The van der Waals surface area contributed by atoms with E-state index in [1.807, 2.05) is 0 Å². The molecule has 0 aromatic carbocycles. The average Bonchev–Trinajstić information content (AvgIpc) is 2.04. The molecule has 0 bridgehead atoms. The van der Waals surface area contributed by atoms with Crippen molar-refractivity contribution in [2.75, 3.05) is 7.05 Å². The van der Waals surface area contributed by atoms with Crippen LogP contribution in [0.1, 0.15) is 27.2 Å². The van der Waals surface area contributed by atoms with Crippen molar-refractivity contribution >= 4 is 11.9 Å². The first kappa shape index (κ1) is 12.9. The van der Waals surface area contributed by atoms with Gasteiger partial charge in [-0.3, -0.25) is 14.5 Å². The van der Waals surface area contributed by atoms with Crippen molar-refractivity contribution in [3.05, 3.63) is 0 Å². The molecule has 0 radical (unpaired) electrons. The lowest BCUT2D eigenvalue weighted by molar-refractivity contribution is -0.151. The lowest BCUT2D eigenvalue weighted by atomic mass is 10.00. The number of rotatable bonds is 5. The molecule has 1 amide bonds. The van der Waals surface area contributed by atoms with Crippen LogP contribution in [0.2, 0.25) is 0 Å². The van der Waals surface area contributed by atoms with E-state index in [1.54, 1.807) is 27.8 Å². The second-order valence-electron chi connectivity index (χ2n) is 3.80. The van der Waals surface area contributed by atoms with Crippen LogP contribution in [0.5, 0.6) is 0 Å². The number of aliphatic carboxylic acids is 1. The number of carboxylic acid groups (broad SMARTS) is 1. The summed E-state index contributed by atoms with van der Waals surface area (Å²) in [7, 11) is 1.59. The summed E-state index contributed by atoms with van der Waals surface area (Å²) in [6.07, 6.45) is 0.503. The van der Waals surface area contributed by atoms with Gasteiger partial charge in [-0.05, 0) is 27.3 Å². The van der Waals surface area contributed by atoms with Crippen molar-refractivity contribution in [1.82, 2.24) is 4.90 Å². The molecule has 0 spiro atoms. The maximum Gasteiger partial charge on any atom is 0.323 e. The summed E-state index contributed by atoms with van der Waals surface area (Å²) in [5.41, 5.74) is 4.08. The van der Waals surface area contributed by atoms with Gasteiger partial charge in [-0.2, -0.15) is 0 Å². The number of carboxylic acids is 1. The van der Waals surface area contributed by atoms with Gasteiger partial charge in [-0.1, -0.05) is 6.92 Å². The van der Waals surface area contributed by atoms with Gasteiger partial charge in [0.2, 0.25) is 5.91 Å².